The van der Waals surface area contributed by atoms with Crippen molar-refractivity contribution in [2.45, 2.75) is 0 Å². The predicted molar refractivity (Wildman–Crippen MR) is 65.9 cm³/mol. The number of hydrogen-bond acceptors (Lipinski definition) is 2. The number of benzene rings is 2. The predicted octanol–water partition coefficient (Wildman–Crippen LogP) is 2.86. The van der Waals surface area contributed by atoms with Crippen LogP contribution < -0.4 is 0 Å². The highest BCUT2D eigenvalue weighted by Gasteiger charge is 2.11. The third kappa shape index (κ3) is 1.68. The highest BCUT2D eigenvalue weighted by Crippen LogP contribution is 2.14. The number of para-hydroxylation sites is 2. The smallest absolute Gasteiger partial charge is 0.263 e. The number of carbonyl (C=O) groups is 1. The molecule has 4 heteroatoms. The number of halogens is 1. The molecule has 0 radical (unpaired) electrons. The van der Waals surface area contributed by atoms with Gasteiger partial charge in [-0.15, -0.1) is 0 Å². The molecule has 3 aromatic rings. The minimum atomic E-state index is -0.359. The Labute approximate surface area is 103 Å². The topological polar surface area (TPSA) is 34.9 Å². The molecule has 18 heavy (non-hydrogen) atoms. The summed E-state index contributed by atoms with van der Waals surface area (Å²) in [5, 5.41) is 0. The Morgan fingerprint density at radius 3 is 2.56 bits per heavy atom. The van der Waals surface area contributed by atoms with Crippen molar-refractivity contribution in [2.24, 2.45) is 0 Å². The normalized spacial score (nSPS) is 10.7. The molecule has 0 aliphatic rings. The van der Waals surface area contributed by atoms with Crippen molar-refractivity contribution in [2.75, 3.05) is 0 Å². The lowest BCUT2D eigenvalue weighted by molar-refractivity contribution is 0.0964. The van der Waals surface area contributed by atoms with Gasteiger partial charge >= 0.3 is 0 Å². The molecular weight excluding hydrogens is 231 g/mol. The van der Waals surface area contributed by atoms with Crippen molar-refractivity contribution in [3.63, 3.8) is 0 Å². The van der Waals surface area contributed by atoms with Crippen LogP contribution in [0.4, 0.5) is 4.39 Å². The second kappa shape index (κ2) is 4.07. The van der Waals surface area contributed by atoms with Crippen LogP contribution in [0.5, 0.6) is 0 Å². The summed E-state index contributed by atoms with van der Waals surface area (Å²) in [5.74, 6) is -0.578. The Balaban J connectivity index is 2.09. The Bertz CT molecular complexity index is 716. The molecule has 0 N–H and O–H groups in total. The van der Waals surface area contributed by atoms with Crippen molar-refractivity contribution >= 4 is 16.9 Å². The first-order valence-electron chi connectivity index (χ1n) is 5.48. The van der Waals surface area contributed by atoms with E-state index < -0.39 is 0 Å². The van der Waals surface area contributed by atoms with Gasteiger partial charge in [-0.05, 0) is 36.4 Å². The summed E-state index contributed by atoms with van der Waals surface area (Å²) in [6.07, 6.45) is 1.48. The molecule has 0 unspecified atom stereocenters. The number of rotatable bonds is 1. The van der Waals surface area contributed by atoms with Crippen molar-refractivity contribution in [1.82, 2.24) is 9.55 Å². The number of carbonyl (C=O) groups excluding carboxylic acids is 1. The molecule has 3 nitrogen and oxygen atoms in total. The number of imidazole rings is 1. The quantitative estimate of drug-likeness (QED) is 0.655. The van der Waals surface area contributed by atoms with Gasteiger partial charge in [-0.1, -0.05) is 12.1 Å². The van der Waals surface area contributed by atoms with E-state index in [-0.39, 0.29) is 11.7 Å². The summed E-state index contributed by atoms with van der Waals surface area (Å²) in [5.41, 5.74) is 1.93. The maximum Gasteiger partial charge on any atom is 0.263 e. The fourth-order valence-electron chi connectivity index (χ4n) is 1.85. The van der Waals surface area contributed by atoms with Gasteiger partial charge in [-0.2, -0.15) is 0 Å². The number of fused-ring (bicyclic) bond motifs is 1. The summed E-state index contributed by atoms with van der Waals surface area (Å²) in [4.78, 5) is 16.4. The fourth-order valence-corrected chi connectivity index (χ4v) is 1.85. The third-order valence-corrected chi connectivity index (χ3v) is 2.76. The van der Waals surface area contributed by atoms with E-state index in [4.69, 9.17) is 0 Å². The Morgan fingerprint density at radius 2 is 1.78 bits per heavy atom. The third-order valence-electron chi connectivity index (χ3n) is 2.76. The van der Waals surface area contributed by atoms with E-state index >= 15 is 0 Å². The number of nitrogens with zero attached hydrogens (tertiary/aromatic N) is 2. The minimum absolute atomic E-state index is 0.219. The van der Waals surface area contributed by atoms with Gasteiger partial charge < -0.3 is 0 Å². The molecule has 2 aromatic carbocycles. The van der Waals surface area contributed by atoms with Crippen LogP contribution in [0, 0.1) is 5.82 Å². The van der Waals surface area contributed by atoms with Gasteiger partial charge in [-0.3, -0.25) is 9.36 Å². The van der Waals surface area contributed by atoms with E-state index in [1.54, 1.807) is 0 Å². The lowest BCUT2D eigenvalue weighted by Gasteiger charge is -2.02. The molecule has 0 saturated carbocycles. The lowest BCUT2D eigenvalue weighted by atomic mass is 10.2. The first-order chi connectivity index (χ1) is 8.75. The number of hydrogen-bond donors (Lipinski definition) is 0. The van der Waals surface area contributed by atoms with Crippen LogP contribution in [0.25, 0.3) is 11.0 Å². The first-order valence-corrected chi connectivity index (χ1v) is 5.48. The van der Waals surface area contributed by atoms with Crippen molar-refractivity contribution in [3.8, 4) is 0 Å². The summed E-state index contributed by atoms with van der Waals surface area (Å²) in [7, 11) is 0. The SMILES string of the molecule is O=C(c1ccc(F)cc1)n1cnc2ccccc21. The molecule has 0 saturated heterocycles. The van der Waals surface area contributed by atoms with Gasteiger partial charge in [0, 0.05) is 5.56 Å². The highest BCUT2D eigenvalue weighted by atomic mass is 19.1. The van der Waals surface area contributed by atoms with E-state index in [0.717, 1.165) is 11.0 Å². The zero-order valence-corrected chi connectivity index (χ0v) is 9.38. The van der Waals surface area contributed by atoms with Crippen LogP contribution in [0.15, 0.2) is 54.9 Å². The van der Waals surface area contributed by atoms with Crippen molar-refractivity contribution in [1.29, 1.82) is 0 Å². The van der Waals surface area contributed by atoms with Crippen LogP contribution in [-0.4, -0.2) is 15.5 Å². The van der Waals surface area contributed by atoms with E-state index in [0.29, 0.717) is 5.56 Å². The van der Waals surface area contributed by atoms with Crippen LogP contribution in [-0.2, 0) is 0 Å². The van der Waals surface area contributed by atoms with Gasteiger partial charge in [0.2, 0.25) is 0 Å². The van der Waals surface area contributed by atoms with Gasteiger partial charge in [0.25, 0.3) is 5.91 Å². The van der Waals surface area contributed by atoms with Crippen LogP contribution in [0.1, 0.15) is 10.4 Å². The molecule has 0 bridgehead atoms. The lowest BCUT2D eigenvalue weighted by Crippen LogP contribution is -2.10. The Hall–Kier alpha value is -2.49. The fraction of sp³-hybridized carbons (Fsp3) is 0. The van der Waals surface area contributed by atoms with Gasteiger partial charge in [0.15, 0.2) is 0 Å². The average molecular weight is 240 g/mol. The molecule has 3 rings (SSSR count). The molecule has 88 valence electrons. The Kier molecular flexibility index (Phi) is 2.41. The Morgan fingerprint density at radius 1 is 1.06 bits per heavy atom. The second-order valence-corrected chi connectivity index (χ2v) is 3.92. The second-order valence-electron chi connectivity index (χ2n) is 3.92. The zero-order valence-electron chi connectivity index (χ0n) is 9.38. The molecule has 0 fully saturated rings. The average Bonchev–Trinajstić information content (AvgIpc) is 2.82. The zero-order chi connectivity index (χ0) is 12.5. The largest absolute Gasteiger partial charge is 0.268 e. The maximum absolute atomic E-state index is 12.8. The number of aromatic nitrogens is 2. The van der Waals surface area contributed by atoms with Crippen LogP contribution in [0.2, 0.25) is 0 Å². The van der Waals surface area contributed by atoms with Crippen molar-refractivity contribution < 1.29 is 9.18 Å². The van der Waals surface area contributed by atoms with Gasteiger partial charge in [0.05, 0.1) is 11.0 Å². The van der Waals surface area contributed by atoms with E-state index in [1.807, 2.05) is 24.3 Å². The maximum atomic E-state index is 12.8. The first kappa shape index (κ1) is 10.7. The summed E-state index contributed by atoms with van der Waals surface area (Å²) in [6.45, 7) is 0. The summed E-state index contributed by atoms with van der Waals surface area (Å²) < 4.78 is 14.3. The van der Waals surface area contributed by atoms with E-state index in [1.165, 1.54) is 35.2 Å². The molecule has 0 amide bonds. The van der Waals surface area contributed by atoms with Gasteiger partial charge in [0.1, 0.15) is 12.1 Å². The molecule has 0 aliphatic carbocycles. The van der Waals surface area contributed by atoms with Crippen LogP contribution >= 0.6 is 0 Å². The minimum Gasteiger partial charge on any atom is -0.268 e. The van der Waals surface area contributed by atoms with E-state index in [2.05, 4.69) is 4.98 Å². The molecule has 0 atom stereocenters. The molecule has 0 spiro atoms. The molecule has 1 heterocycles. The highest BCUT2D eigenvalue weighted by molar-refractivity contribution is 6.00. The van der Waals surface area contributed by atoms with Crippen molar-refractivity contribution in [3.05, 3.63) is 66.2 Å². The van der Waals surface area contributed by atoms with Gasteiger partial charge in [-0.25, -0.2) is 9.37 Å². The van der Waals surface area contributed by atoms with E-state index in [9.17, 15) is 9.18 Å². The summed E-state index contributed by atoms with van der Waals surface area (Å²) >= 11 is 0. The molecule has 0 aliphatic heterocycles. The molecule has 1 aromatic heterocycles. The molecular formula is C14H9FN2O. The standard InChI is InChI=1S/C14H9FN2O/c15-11-7-5-10(6-8-11)14(18)17-9-16-12-3-1-2-4-13(12)17/h1-9H. The summed E-state index contributed by atoms with van der Waals surface area (Å²) in [6, 6.07) is 12.8. The monoisotopic (exact) mass is 240 g/mol. The van der Waals surface area contributed by atoms with Crippen LogP contribution in [0.3, 0.4) is 0 Å².